The van der Waals surface area contributed by atoms with Crippen molar-refractivity contribution in [3.8, 4) is 0 Å². The predicted molar refractivity (Wildman–Crippen MR) is 66.7 cm³/mol. The second-order valence-electron chi connectivity index (χ2n) is 5.47. The Morgan fingerprint density at radius 2 is 2.00 bits per heavy atom. The largest absolute Gasteiger partial charge is 0.465 e. The topological polar surface area (TPSA) is 95.9 Å². The third kappa shape index (κ3) is 4.76. The number of hydrogen-bond donors (Lipinski definition) is 2. The molecule has 0 spiro atoms. The van der Waals surface area contributed by atoms with Crippen LogP contribution in [0.4, 0.5) is 9.59 Å². The monoisotopic (exact) mass is 272 g/mol. The summed E-state index contributed by atoms with van der Waals surface area (Å²) in [6, 6.07) is -0.839. The molecule has 2 N–H and O–H groups in total. The van der Waals surface area contributed by atoms with Crippen molar-refractivity contribution in [3.05, 3.63) is 0 Å². The molecule has 19 heavy (non-hydrogen) atoms. The van der Waals surface area contributed by atoms with E-state index < -0.39 is 29.7 Å². The minimum absolute atomic E-state index is 0.167. The highest BCUT2D eigenvalue weighted by molar-refractivity contribution is 5.95. The van der Waals surface area contributed by atoms with Crippen LogP contribution in [0.25, 0.3) is 0 Å². The number of amides is 3. The standard InChI is InChI=1S/C12H20N2O5/c1-12(2,3)19-10(16)13-8-6-4-5-7-14(9(8)15)11(17)18/h8H,4-7H2,1-3H3,(H,13,16)(H,17,18)/t8-/m1/s1. The van der Waals surface area contributed by atoms with Crippen molar-refractivity contribution in [2.45, 2.75) is 51.7 Å². The van der Waals surface area contributed by atoms with Gasteiger partial charge in [-0.1, -0.05) is 0 Å². The lowest BCUT2D eigenvalue weighted by Gasteiger charge is -2.24. The van der Waals surface area contributed by atoms with E-state index in [9.17, 15) is 14.4 Å². The molecule has 1 atom stereocenters. The van der Waals surface area contributed by atoms with Gasteiger partial charge in [0.2, 0.25) is 0 Å². The first-order valence-electron chi connectivity index (χ1n) is 6.24. The zero-order chi connectivity index (χ0) is 14.6. The summed E-state index contributed by atoms with van der Waals surface area (Å²) in [5, 5.41) is 11.4. The average Bonchev–Trinajstić information content (AvgIpc) is 2.39. The number of nitrogens with zero attached hydrogens (tertiary/aromatic N) is 1. The number of likely N-dealkylation sites (tertiary alicyclic amines) is 1. The van der Waals surface area contributed by atoms with Gasteiger partial charge in [0.1, 0.15) is 11.6 Å². The summed E-state index contributed by atoms with van der Waals surface area (Å²) in [5.74, 6) is -0.601. The lowest BCUT2D eigenvalue weighted by Crippen LogP contribution is -2.50. The van der Waals surface area contributed by atoms with Gasteiger partial charge in [-0.25, -0.2) is 14.5 Å². The maximum atomic E-state index is 12.0. The zero-order valence-corrected chi connectivity index (χ0v) is 11.4. The summed E-state index contributed by atoms with van der Waals surface area (Å²) in [6.45, 7) is 5.31. The summed E-state index contributed by atoms with van der Waals surface area (Å²) in [7, 11) is 0. The van der Waals surface area contributed by atoms with Crippen LogP contribution in [-0.4, -0.2) is 46.3 Å². The van der Waals surface area contributed by atoms with E-state index in [-0.39, 0.29) is 6.54 Å². The van der Waals surface area contributed by atoms with Gasteiger partial charge >= 0.3 is 12.2 Å². The molecule has 0 unspecified atom stereocenters. The normalized spacial score (nSPS) is 20.7. The van der Waals surface area contributed by atoms with Crippen LogP contribution in [0.1, 0.15) is 40.0 Å². The molecule has 0 aromatic heterocycles. The molecule has 0 aromatic carbocycles. The van der Waals surface area contributed by atoms with Gasteiger partial charge in [-0.15, -0.1) is 0 Å². The van der Waals surface area contributed by atoms with Gasteiger partial charge in [0.15, 0.2) is 0 Å². The van der Waals surface area contributed by atoms with E-state index >= 15 is 0 Å². The molecule has 1 heterocycles. The number of carbonyl (C=O) groups is 3. The van der Waals surface area contributed by atoms with Gasteiger partial charge in [0.25, 0.3) is 5.91 Å². The molecule has 1 rings (SSSR count). The first kappa shape index (κ1) is 15.3. The van der Waals surface area contributed by atoms with E-state index in [2.05, 4.69) is 5.32 Å². The molecular weight excluding hydrogens is 252 g/mol. The van der Waals surface area contributed by atoms with Gasteiger partial charge in [-0.2, -0.15) is 0 Å². The SMILES string of the molecule is CC(C)(C)OC(=O)N[C@@H]1CCCCN(C(=O)O)C1=O. The van der Waals surface area contributed by atoms with E-state index in [1.54, 1.807) is 20.8 Å². The van der Waals surface area contributed by atoms with E-state index in [1.807, 2.05) is 0 Å². The number of carbonyl (C=O) groups excluding carboxylic acids is 2. The summed E-state index contributed by atoms with van der Waals surface area (Å²) >= 11 is 0. The minimum atomic E-state index is -1.29. The number of nitrogens with one attached hydrogen (secondary N) is 1. The highest BCUT2D eigenvalue weighted by atomic mass is 16.6. The third-order valence-electron chi connectivity index (χ3n) is 2.61. The Bertz CT molecular complexity index is 375. The Balaban J connectivity index is 2.67. The minimum Gasteiger partial charge on any atom is -0.465 e. The average molecular weight is 272 g/mol. The van der Waals surface area contributed by atoms with Crippen molar-refractivity contribution in [2.75, 3.05) is 6.54 Å². The first-order chi connectivity index (χ1) is 8.70. The third-order valence-corrected chi connectivity index (χ3v) is 2.61. The molecule has 7 nitrogen and oxygen atoms in total. The van der Waals surface area contributed by atoms with Crippen LogP contribution < -0.4 is 5.32 Å². The van der Waals surface area contributed by atoms with Crippen molar-refractivity contribution < 1.29 is 24.2 Å². The molecule has 0 bridgehead atoms. The molecule has 1 saturated heterocycles. The van der Waals surface area contributed by atoms with E-state index in [1.165, 1.54) is 0 Å². The predicted octanol–water partition coefficient (Wildman–Crippen LogP) is 1.57. The fourth-order valence-corrected chi connectivity index (χ4v) is 1.81. The van der Waals surface area contributed by atoms with Gasteiger partial charge < -0.3 is 15.2 Å². The molecule has 0 aromatic rings. The number of ether oxygens (including phenoxy) is 1. The van der Waals surface area contributed by atoms with Crippen LogP contribution in [0.2, 0.25) is 0 Å². The van der Waals surface area contributed by atoms with Crippen LogP contribution in [0.5, 0.6) is 0 Å². The number of carboxylic acid groups (broad SMARTS) is 1. The Kier molecular flexibility index (Phi) is 4.74. The molecule has 108 valence electrons. The van der Waals surface area contributed by atoms with Gasteiger partial charge in [-0.05, 0) is 40.0 Å². The molecule has 7 heteroatoms. The molecular formula is C12H20N2O5. The first-order valence-corrected chi connectivity index (χ1v) is 6.24. The maximum absolute atomic E-state index is 12.0. The van der Waals surface area contributed by atoms with Crippen molar-refractivity contribution in [3.63, 3.8) is 0 Å². The van der Waals surface area contributed by atoms with Gasteiger partial charge in [0.05, 0.1) is 0 Å². The highest BCUT2D eigenvalue weighted by Crippen LogP contribution is 2.14. The fourth-order valence-electron chi connectivity index (χ4n) is 1.81. The highest BCUT2D eigenvalue weighted by Gasteiger charge is 2.32. The van der Waals surface area contributed by atoms with Crippen molar-refractivity contribution >= 4 is 18.1 Å². The second-order valence-corrected chi connectivity index (χ2v) is 5.47. The summed E-state index contributed by atoms with van der Waals surface area (Å²) < 4.78 is 5.06. The summed E-state index contributed by atoms with van der Waals surface area (Å²) in [6.07, 6.45) is -0.302. The fraction of sp³-hybridized carbons (Fsp3) is 0.750. The lowest BCUT2D eigenvalue weighted by molar-refractivity contribution is -0.130. The van der Waals surface area contributed by atoms with Crippen LogP contribution in [-0.2, 0) is 9.53 Å². The van der Waals surface area contributed by atoms with Crippen molar-refractivity contribution in [1.82, 2.24) is 10.2 Å². The zero-order valence-electron chi connectivity index (χ0n) is 11.4. The molecule has 0 aliphatic carbocycles. The van der Waals surface area contributed by atoms with Crippen molar-refractivity contribution in [1.29, 1.82) is 0 Å². The van der Waals surface area contributed by atoms with Crippen LogP contribution >= 0.6 is 0 Å². The van der Waals surface area contributed by atoms with Gasteiger partial charge in [-0.3, -0.25) is 4.79 Å². The van der Waals surface area contributed by atoms with Crippen LogP contribution in [0, 0.1) is 0 Å². The maximum Gasteiger partial charge on any atom is 0.414 e. The smallest absolute Gasteiger partial charge is 0.414 e. The molecule has 1 aliphatic heterocycles. The quantitative estimate of drug-likeness (QED) is 0.755. The van der Waals surface area contributed by atoms with Crippen molar-refractivity contribution in [2.24, 2.45) is 0 Å². The second kappa shape index (κ2) is 5.90. The molecule has 1 fully saturated rings. The van der Waals surface area contributed by atoms with E-state index in [0.717, 1.165) is 4.90 Å². The molecule has 0 saturated carbocycles. The van der Waals surface area contributed by atoms with E-state index in [4.69, 9.17) is 9.84 Å². The number of imide groups is 1. The Labute approximate surface area is 111 Å². The molecule has 0 radical (unpaired) electrons. The van der Waals surface area contributed by atoms with Gasteiger partial charge in [0, 0.05) is 6.54 Å². The lowest BCUT2D eigenvalue weighted by atomic mass is 10.1. The number of rotatable bonds is 1. The summed E-state index contributed by atoms with van der Waals surface area (Å²) in [5.41, 5.74) is -0.662. The van der Waals surface area contributed by atoms with Crippen LogP contribution in [0.15, 0.2) is 0 Å². The van der Waals surface area contributed by atoms with E-state index in [0.29, 0.717) is 19.3 Å². The molecule has 1 aliphatic rings. The number of hydrogen-bond acceptors (Lipinski definition) is 4. The Morgan fingerprint density at radius 1 is 1.37 bits per heavy atom. The molecule has 3 amide bonds. The van der Waals surface area contributed by atoms with Crippen LogP contribution in [0.3, 0.4) is 0 Å². The number of alkyl carbamates (subject to hydrolysis) is 1. The Morgan fingerprint density at radius 3 is 2.53 bits per heavy atom. The summed E-state index contributed by atoms with van der Waals surface area (Å²) in [4.78, 5) is 35.3. The Hall–Kier alpha value is -1.79.